The number of benzene rings is 1. The minimum Gasteiger partial charge on any atom is -0.495 e. The first kappa shape index (κ1) is 10.9. The predicted molar refractivity (Wildman–Crippen MR) is 51.3 cm³/mol. The van der Waals surface area contributed by atoms with Gasteiger partial charge in [-0.3, -0.25) is 4.79 Å². The minimum absolute atomic E-state index is 0.0472. The lowest BCUT2D eigenvalue weighted by Gasteiger charge is -2.07. The van der Waals surface area contributed by atoms with Gasteiger partial charge in [0.05, 0.1) is 18.7 Å². The van der Waals surface area contributed by atoms with E-state index >= 15 is 0 Å². The van der Waals surface area contributed by atoms with E-state index in [9.17, 15) is 9.18 Å². The van der Waals surface area contributed by atoms with Gasteiger partial charge in [-0.15, -0.1) is 0 Å². The molecule has 5 heteroatoms. The molecule has 0 radical (unpaired) electrons. The summed E-state index contributed by atoms with van der Waals surface area (Å²) in [6.45, 7) is -0.216. The molecule has 0 aliphatic heterocycles. The van der Waals surface area contributed by atoms with Crippen molar-refractivity contribution >= 4 is 17.4 Å². The molecule has 2 N–H and O–H groups in total. The Bertz CT molecular complexity index is 368. The van der Waals surface area contributed by atoms with E-state index in [0.29, 0.717) is 0 Å². The van der Waals surface area contributed by atoms with E-state index in [0.717, 1.165) is 12.1 Å². The number of nitrogens with two attached hydrogens (primary N) is 1. The lowest BCUT2D eigenvalue weighted by atomic mass is 10.1. The highest BCUT2D eigenvalue weighted by atomic mass is 35.5. The number of carbonyl (C=O) groups excluding carboxylic acids is 1. The number of ether oxygens (including phenoxy) is 1. The Hall–Kier alpha value is -1.13. The van der Waals surface area contributed by atoms with Crippen molar-refractivity contribution in [2.24, 2.45) is 5.73 Å². The van der Waals surface area contributed by atoms with Crippen LogP contribution in [0.3, 0.4) is 0 Å². The first-order valence-corrected chi connectivity index (χ1v) is 4.24. The molecule has 0 aliphatic carbocycles. The molecule has 0 bridgehead atoms. The van der Waals surface area contributed by atoms with Crippen molar-refractivity contribution in [3.05, 3.63) is 28.5 Å². The quantitative estimate of drug-likeness (QED) is 0.783. The van der Waals surface area contributed by atoms with Crippen LogP contribution in [0.1, 0.15) is 10.4 Å². The number of carbonyl (C=O) groups is 1. The molecule has 76 valence electrons. The maximum Gasteiger partial charge on any atom is 0.178 e. The number of ketones is 1. The Balaban J connectivity index is 3.29. The zero-order chi connectivity index (χ0) is 10.7. The van der Waals surface area contributed by atoms with Crippen LogP contribution in [0.5, 0.6) is 5.75 Å². The van der Waals surface area contributed by atoms with Gasteiger partial charge < -0.3 is 10.5 Å². The first-order valence-electron chi connectivity index (χ1n) is 3.86. The summed E-state index contributed by atoms with van der Waals surface area (Å²) in [5.41, 5.74) is 5.19. The number of methoxy groups -OCH3 is 1. The maximum atomic E-state index is 13.0. The second-order valence-electron chi connectivity index (χ2n) is 2.60. The Morgan fingerprint density at radius 1 is 1.64 bits per heavy atom. The van der Waals surface area contributed by atoms with E-state index in [4.69, 9.17) is 22.1 Å². The van der Waals surface area contributed by atoms with Crippen molar-refractivity contribution in [2.45, 2.75) is 0 Å². The van der Waals surface area contributed by atoms with Gasteiger partial charge >= 0.3 is 0 Å². The molecule has 0 amide bonds. The van der Waals surface area contributed by atoms with Crippen LogP contribution in [-0.2, 0) is 0 Å². The van der Waals surface area contributed by atoms with Gasteiger partial charge in [-0.2, -0.15) is 0 Å². The molecule has 0 saturated carbocycles. The highest BCUT2D eigenvalue weighted by molar-refractivity contribution is 6.35. The van der Waals surface area contributed by atoms with Crippen LogP contribution < -0.4 is 10.5 Å². The average Bonchev–Trinajstić information content (AvgIpc) is 2.19. The number of hydrogen-bond acceptors (Lipinski definition) is 3. The molecule has 0 saturated heterocycles. The number of Topliss-reactive ketones (excluding diaryl/α,β-unsaturated/α-hetero) is 1. The maximum absolute atomic E-state index is 13.0. The van der Waals surface area contributed by atoms with Gasteiger partial charge in [0.15, 0.2) is 5.78 Å². The summed E-state index contributed by atoms with van der Waals surface area (Å²) in [5, 5.41) is 0.0874. The molecule has 14 heavy (non-hydrogen) atoms. The van der Waals surface area contributed by atoms with Gasteiger partial charge in [-0.1, -0.05) is 11.6 Å². The number of hydrogen-bond donors (Lipinski definition) is 1. The van der Waals surface area contributed by atoms with Crippen molar-refractivity contribution in [1.29, 1.82) is 0 Å². The molecular weight excluding hydrogens is 209 g/mol. The van der Waals surface area contributed by atoms with E-state index in [-0.39, 0.29) is 22.9 Å². The van der Waals surface area contributed by atoms with E-state index in [1.165, 1.54) is 7.11 Å². The monoisotopic (exact) mass is 217 g/mol. The second-order valence-corrected chi connectivity index (χ2v) is 2.97. The van der Waals surface area contributed by atoms with Gasteiger partial charge in [0.25, 0.3) is 0 Å². The summed E-state index contributed by atoms with van der Waals surface area (Å²) in [6.07, 6.45) is 0. The highest BCUT2D eigenvalue weighted by Gasteiger charge is 2.14. The molecule has 0 aliphatic rings. The summed E-state index contributed by atoms with van der Waals surface area (Å²) in [4.78, 5) is 11.2. The Labute approximate surface area is 85.6 Å². The third-order valence-corrected chi connectivity index (χ3v) is 2.10. The fourth-order valence-electron chi connectivity index (χ4n) is 1.03. The summed E-state index contributed by atoms with van der Waals surface area (Å²) >= 11 is 5.79. The molecular formula is C9H9ClFNO2. The Morgan fingerprint density at radius 3 is 2.79 bits per heavy atom. The Kier molecular flexibility index (Phi) is 3.43. The normalized spacial score (nSPS) is 10.0. The van der Waals surface area contributed by atoms with Gasteiger partial charge in [-0.05, 0) is 6.07 Å². The fraction of sp³-hybridized carbons (Fsp3) is 0.222. The molecule has 3 nitrogen and oxygen atoms in total. The minimum atomic E-state index is -0.581. The first-order chi connectivity index (χ1) is 6.60. The van der Waals surface area contributed by atoms with Crippen LogP contribution in [0.4, 0.5) is 4.39 Å². The zero-order valence-corrected chi connectivity index (χ0v) is 8.27. The van der Waals surface area contributed by atoms with Crippen molar-refractivity contribution in [3.8, 4) is 5.75 Å². The van der Waals surface area contributed by atoms with E-state index in [1.807, 2.05) is 0 Å². The number of halogens is 2. The van der Waals surface area contributed by atoms with Crippen LogP contribution in [0.25, 0.3) is 0 Å². The number of rotatable bonds is 3. The topological polar surface area (TPSA) is 52.3 Å². The highest BCUT2D eigenvalue weighted by Crippen LogP contribution is 2.29. The van der Waals surface area contributed by atoms with E-state index in [1.54, 1.807) is 0 Å². The standard InChI is InChI=1S/C9H9ClFNO2/c1-14-8-3-5(11)2-6(9(8)10)7(13)4-12/h2-3H,4,12H2,1H3. The molecule has 0 aromatic heterocycles. The van der Waals surface area contributed by atoms with Crippen molar-refractivity contribution in [3.63, 3.8) is 0 Å². The summed E-state index contributed by atoms with van der Waals surface area (Å²) in [5.74, 6) is -0.876. The largest absolute Gasteiger partial charge is 0.495 e. The van der Waals surface area contributed by atoms with E-state index < -0.39 is 11.6 Å². The predicted octanol–water partition coefficient (Wildman–Crippen LogP) is 1.63. The molecule has 0 spiro atoms. The van der Waals surface area contributed by atoms with Crippen LogP contribution in [-0.4, -0.2) is 19.4 Å². The molecule has 0 fully saturated rings. The van der Waals surface area contributed by atoms with Crippen LogP contribution in [0, 0.1) is 5.82 Å². The van der Waals surface area contributed by atoms with Crippen molar-refractivity contribution < 1.29 is 13.9 Å². The van der Waals surface area contributed by atoms with Gasteiger partial charge in [0.2, 0.25) is 0 Å². The second kappa shape index (κ2) is 4.39. The third kappa shape index (κ3) is 2.02. The van der Waals surface area contributed by atoms with Gasteiger partial charge in [-0.25, -0.2) is 4.39 Å². The summed E-state index contributed by atoms with van der Waals surface area (Å²) in [7, 11) is 1.34. The van der Waals surface area contributed by atoms with Crippen LogP contribution in [0.2, 0.25) is 5.02 Å². The molecule has 0 atom stereocenters. The van der Waals surface area contributed by atoms with Crippen molar-refractivity contribution in [1.82, 2.24) is 0 Å². The zero-order valence-electron chi connectivity index (χ0n) is 7.51. The lowest BCUT2D eigenvalue weighted by molar-refractivity contribution is 0.100. The van der Waals surface area contributed by atoms with Gasteiger partial charge in [0.1, 0.15) is 11.6 Å². The SMILES string of the molecule is COc1cc(F)cc(C(=O)CN)c1Cl. The molecule has 1 aromatic rings. The smallest absolute Gasteiger partial charge is 0.178 e. The summed E-state index contributed by atoms with van der Waals surface area (Å²) in [6, 6.07) is 2.15. The van der Waals surface area contributed by atoms with Crippen LogP contribution >= 0.6 is 11.6 Å². The van der Waals surface area contributed by atoms with Crippen LogP contribution in [0.15, 0.2) is 12.1 Å². The molecule has 0 unspecified atom stereocenters. The van der Waals surface area contributed by atoms with E-state index in [2.05, 4.69) is 0 Å². The van der Waals surface area contributed by atoms with Crippen molar-refractivity contribution in [2.75, 3.05) is 13.7 Å². The fourth-order valence-corrected chi connectivity index (χ4v) is 1.32. The molecule has 1 rings (SSSR count). The Morgan fingerprint density at radius 2 is 2.29 bits per heavy atom. The third-order valence-electron chi connectivity index (χ3n) is 1.71. The molecule has 1 aromatic carbocycles. The van der Waals surface area contributed by atoms with Gasteiger partial charge in [0, 0.05) is 11.6 Å². The average molecular weight is 218 g/mol. The summed E-state index contributed by atoms with van der Waals surface area (Å²) < 4.78 is 17.8. The lowest BCUT2D eigenvalue weighted by Crippen LogP contribution is -2.14. The molecule has 0 heterocycles.